The number of amides is 1. The SMILES string of the molecule is COc1ccc(N2Cc3ccccc3C2=NC(=O)c2cccs2)cc1. The van der Waals surface area contributed by atoms with Crippen molar-refractivity contribution in [2.24, 2.45) is 4.99 Å². The Bertz CT molecular complexity index is 931. The Balaban J connectivity index is 1.76. The molecule has 0 spiro atoms. The van der Waals surface area contributed by atoms with Crippen LogP contribution in [0.15, 0.2) is 71.0 Å². The average Bonchev–Trinajstić information content (AvgIpc) is 3.30. The molecule has 1 amide bonds. The van der Waals surface area contributed by atoms with Gasteiger partial charge < -0.3 is 9.64 Å². The van der Waals surface area contributed by atoms with Gasteiger partial charge >= 0.3 is 0 Å². The molecule has 2 aromatic carbocycles. The molecule has 25 heavy (non-hydrogen) atoms. The number of amidine groups is 1. The predicted octanol–water partition coefficient (Wildman–Crippen LogP) is 4.36. The second kappa shape index (κ2) is 6.53. The third kappa shape index (κ3) is 2.94. The van der Waals surface area contributed by atoms with Crippen LogP contribution in [0.5, 0.6) is 5.75 Å². The molecule has 0 saturated carbocycles. The van der Waals surface area contributed by atoms with Gasteiger partial charge in [-0.1, -0.05) is 30.3 Å². The zero-order valence-corrected chi connectivity index (χ0v) is 14.5. The summed E-state index contributed by atoms with van der Waals surface area (Å²) in [6.07, 6.45) is 0. The number of methoxy groups -OCH3 is 1. The summed E-state index contributed by atoms with van der Waals surface area (Å²) >= 11 is 1.41. The van der Waals surface area contributed by atoms with Crippen LogP contribution in [0.25, 0.3) is 0 Å². The van der Waals surface area contributed by atoms with Crippen molar-refractivity contribution in [2.75, 3.05) is 12.0 Å². The van der Waals surface area contributed by atoms with E-state index in [0.29, 0.717) is 17.3 Å². The first-order valence-electron chi connectivity index (χ1n) is 7.92. The zero-order valence-electron chi connectivity index (χ0n) is 13.7. The molecule has 1 aromatic heterocycles. The van der Waals surface area contributed by atoms with Gasteiger partial charge in [-0.25, -0.2) is 0 Å². The van der Waals surface area contributed by atoms with Gasteiger partial charge in [-0.05, 0) is 41.3 Å². The van der Waals surface area contributed by atoms with Gasteiger partial charge in [0.2, 0.25) is 0 Å². The average molecular weight is 348 g/mol. The van der Waals surface area contributed by atoms with Crippen molar-refractivity contribution in [3.05, 3.63) is 82.0 Å². The van der Waals surface area contributed by atoms with Crippen LogP contribution in [0.4, 0.5) is 5.69 Å². The van der Waals surface area contributed by atoms with Gasteiger partial charge in [-0.2, -0.15) is 4.99 Å². The molecule has 4 nitrogen and oxygen atoms in total. The maximum atomic E-state index is 12.5. The van der Waals surface area contributed by atoms with E-state index in [9.17, 15) is 4.79 Å². The van der Waals surface area contributed by atoms with Gasteiger partial charge in [0.1, 0.15) is 11.6 Å². The van der Waals surface area contributed by atoms with Crippen LogP contribution in [-0.2, 0) is 6.54 Å². The summed E-state index contributed by atoms with van der Waals surface area (Å²) in [6, 6.07) is 19.5. The molecular formula is C20H16N2O2S. The number of rotatable bonds is 3. The topological polar surface area (TPSA) is 41.9 Å². The highest BCUT2D eigenvalue weighted by molar-refractivity contribution is 7.12. The van der Waals surface area contributed by atoms with Crippen molar-refractivity contribution in [1.82, 2.24) is 0 Å². The monoisotopic (exact) mass is 348 g/mol. The van der Waals surface area contributed by atoms with Gasteiger partial charge in [0.05, 0.1) is 18.5 Å². The number of benzene rings is 2. The lowest BCUT2D eigenvalue weighted by molar-refractivity contribution is 0.101. The molecule has 0 saturated heterocycles. The molecule has 0 radical (unpaired) electrons. The van der Waals surface area contributed by atoms with Crippen LogP contribution in [0.1, 0.15) is 20.8 Å². The quantitative estimate of drug-likeness (QED) is 0.706. The molecule has 0 fully saturated rings. The number of aliphatic imine (C=N–C) groups is 1. The fourth-order valence-corrected chi connectivity index (χ4v) is 3.52. The fourth-order valence-electron chi connectivity index (χ4n) is 2.91. The molecule has 0 atom stereocenters. The van der Waals surface area contributed by atoms with Crippen LogP contribution < -0.4 is 9.64 Å². The Morgan fingerprint density at radius 3 is 2.60 bits per heavy atom. The van der Waals surface area contributed by atoms with Crippen molar-refractivity contribution in [3.63, 3.8) is 0 Å². The van der Waals surface area contributed by atoms with Crippen LogP contribution in [0.3, 0.4) is 0 Å². The fraction of sp³-hybridized carbons (Fsp3) is 0.100. The minimum absolute atomic E-state index is 0.208. The van der Waals surface area contributed by atoms with Crippen LogP contribution in [-0.4, -0.2) is 18.9 Å². The lowest BCUT2D eigenvalue weighted by Crippen LogP contribution is -2.25. The molecule has 0 unspecified atom stereocenters. The molecular weight excluding hydrogens is 332 g/mol. The lowest BCUT2D eigenvalue weighted by atomic mass is 10.1. The summed E-state index contributed by atoms with van der Waals surface area (Å²) in [5.74, 6) is 1.29. The van der Waals surface area contributed by atoms with Crippen molar-refractivity contribution in [3.8, 4) is 5.75 Å². The van der Waals surface area contributed by atoms with Crippen LogP contribution in [0, 0.1) is 0 Å². The summed E-state index contributed by atoms with van der Waals surface area (Å²) in [4.78, 5) is 19.7. The van der Waals surface area contributed by atoms with E-state index in [4.69, 9.17) is 4.74 Å². The van der Waals surface area contributed by atoms with E-state index >= 15 is 0 Å². The van der Waals surface area contributed by atoms with Gasteiger partial charge in [0.15, 0.2) is 0 Å². The van der Waals surface area contributed by atoms with Gasteiger partial charge in [-0.15, -0.1) is 11.3 Å². The van der Waals surface area contributed by atoms with Crippen molar-refractivity contribution >= 4 is 28.8 Å². The standard InChI is InChI=1S/C20H16N2O2S/c1-24-16-10-8-15(9-11-16)22-13-14-5-2-3-6-17(14)19(22)21-20(23)18-7-4-12-25-18/h2-12H,13H2,1H3. The number of anilines is 1. The Morgan fingerprint density at radius 2 is 1.88 bits per heavy atom. The van der Waals surface area contributed by atoms with E-state index < -0.39 is 0 Å². The van der Waals surface area contributed by atoms with Crippen molar-refractivity contribution < 1.29 is 9.53 Å². The van der Waals surface area contributed by atoms with E-state index in [1.807, 2.05) is 53.9 Å². The molecule has 2 heterocycles. The summed E-state index contributed by atoms with van der Waals surface area (Å²) in [6.45, 7) is 0.694. The molecule has 0 bridgehead atoms. The molecule has 124 valence electrons. The first kappa shape index (κ1) is 15.6. The molecule has 5 heteroatoms. The highest BCUT2D eigenvalue weighted by atomic mass is 32.1. The van der Waals surface area contributed by atoms with E-state index in [2.05, 4.69) is 16.0 Å². The van der Waals surface area contributed by atoms with E-state index in [1.165, 1.54) is 11.3 Å². The number of fused-ring (bicyclic) bond motifs is 1. The predicted molar refractivity (Wildman–Crippen MR) is 101 cm³/mol. The van der Waals surface area contributed by atoms with Gasteiger partial charge in [-0.3, -0.25) is 4.79 Å². The maximum Gasteiger partial charge on any atom is 0.289 e. The molecule has 3 aromatic rings. The Labute approximate surface area is 150 Å². The van der Waals surface area contributed by atoms with Crippen molar-refractivity contribution in [2.45, 2.75) is 6.54 Å². The summed E-state index contributed by atoms with van der Waals surface area (Å²) in [5.41, 5.74) is 3.15. The second-order valence-electron chi connectivity index (χ2n) is 5.66. The third-order valence-electron chi connectivity index (χ3n) is 4.17. The Morgan fingerprint density at radius 1 is 1.08 bits per heavy atom. The van der Waals surface area contributed by atoms with E-state index in [-0.39, 0.29) is 5.91 Å². The molecule has 1 aliphatic heterocycles. The number of hydrogen-bond donors (Lipinski definition) is 0. The summed E-state index contributed by atoms with van der Waals surface area (Å²) in [5, 5.41) is 1.89. The smallest absolute Gasteiger partial charge is 0.289 e. The maximum absolute atomic E-state index is 12.5. The normalized spacial score (nSPS) is 14.6. The Kier molecular flexibility index (Phi) is 4.07. The highest BCUT2D eigenvalue weighted by Gasteiger charge is 2.27. The van der Waals surface area contributed by atoms with Crippen LogP contribution in [0.2, 0.25) is 0 Å². The second-order valence-corrected chi connectivity index (χ2v) is 6.61. The Hall–Kier alpha value is -2.92. The number of ether oxygens (including phenoxy) is 1. The third-order valence-corrected chi connectivity index (χ3v) is 5.02. The minimum Gasteiger partial charge on any atom is -0.497 e. The number of carbonyl (C=O) groups is 1. The summed E-state index contributed by atoms with van der Waals surface area (Å²) < 4.78 is 5.23. The van der Waals surface area contributed by atoms with Gasteiger partial charge in [0.25, 0.3) is 5.91 Å². The number of hydrogen-bond acceptors (Lipinski definition) is 3. The molecule has 4 rings (SSSR count). The van der Waals surface area contributed by atoms with Crippen molar-refractivity contribution in [1.29, 1.82) is 0 Å². The molecule has 1 aliphatic rings. The lowest BCUT2D eigenvalue weighted by Gasteiger charge is -2.19. The largest absolute Gasteiger partial charge is 0.497 e. The van der Waals surface area contributed by atoms with E-state index in [0.717, 1.165) is 22.6 Å². The zero-order chi connectivity index (χ0) is 17.2. The first-order valence-corrected chi connectivity index (χ1v) is 8.80. The van der Waals surface area contributed by atoms with E-state index in [1.54, 1.807) is 13.2 Å². The van der Waals surface area contributed by atoms with Crippen LogP contribution >= 0.6 is 11.3 Å². The number of thiophene rings is 1. The summed E-state index contributed by atoms with van der Waals surface area (Å²) in [7, 11) is 1.65. The number of carbonyl (C=O) groups excluding carboxylic acids is 1. The first-order chi connectivity index (χ1) is 12.3. The molecule has 0 aliphatic carbocycles. The number of nitrogens with zero attached hydrogens (tertiary/aromatic N) is 2. The van der Waals surface area contributed by atoms with Gasteiger partial charge in [0, 0.05) is 11.3 Å². The minimum atomic E-state index is -0.208. The highest BCUT2D eigenvalue weighted by Crippen LogP contribution is 2.30. The molecule has 0 N–H and O–H groups in total.